The number of benzene rings is 1. The summed E-state index contributed by atoms with van der Waals surface area (Å²) >= 11 is 0. The zero-order valence-corrected chi connectivity index (χ0v) is 12.7. The maximum Gasteiger partial charge on any atom is 0.193 e. The number of hydrogen-bond donors (Lipinski definition) is 3. The average molecular weight is 305 g/mol. The van der Waals surface area contributed by atoms with Gasteiger partial charge in [0.25, 0.3) is 0 Å². The summed E-state index contributed by atoms with van der Waals surface area (Å²) in [4.78, 5) is 4.27. The quantitative estimate of drug-likeness (QED) is 0.586. The average Bonchev–Trinajstić information content (AvgIpc) is 2.80. The van der Waals surface area contributed by atoms with Gasteiger partial charge < -0.3 is 25.6 Å². The molecule has 1 fully saturated rings. The number of nitrogens with zero attached hydrogens (tertiary/aromatic N) is 1. The molecule has 3 rings (SSSR count). The van der Waals surface area contributed by atoms with Crippen LogP contribution in [0.2, 0.25) is 0 Å². The molecule has 0 amide bonds. The van der Waals surface area contributed by atoms with E-state index >= 15 is 0 Å². The first-order chi connectivity index (χ1) is 10.6. The number of aliphatic imine (C=N–C) groups is 1. The van der Waals surface area contributed by atoms with Crippen LogP contribution in [-0.2, 0) is 0 Å². The van der Waals surface area contributed by atoms with Gasteiger partial charge in [0.15, 0.2) is 17.5 Å². The lowest BCUT2D eigenvalue weighted by Gasteiger charge is -2.19. The third-order valence-electron chi connectivity index (χ3n) is 4.10. The standard InChI is InChI=1S/C16H23N3O3/c17-15(18-11-16(20)6-1-2-7-16)19-12-4-5-13-14(10-12)22-9-3-8-21-13/h4-5,10,20H,1-3,6-9,11H2,(H3,17,18,19). The highest BCUT2D eigenvalue weighted by Gasteiger charge is 2.30. The fraction of sp³-hybridized carbons (Fsp3) is 0.562. The van der Waals surface area contributed by atoms with Crippen molar-refractivity contribution in [2.45, 2.75) is 37.7 Å². The van der Waals surface area contributed by atoms with Crippen molar-refractivity contribution >= 4 is 11.6 Å². The smallest absolute Gasteiger partial charge is 0.193 e. The van der Waals surface area contributed by atoms with Crippen molar-refractivity contribution in [2.24, 2.45) is 10.7 Å². The predicted molar refractivity (Wildman–Crippen MR) is 85.6 cm³/mol. The second-order valence-corrected chi connectivity index (χ2v) is 5.97. The van der Waals surface area contributed by atoms with Gasteiger partial charge in [-0.2, -0.15) is 0 Å². The Kier molecular flexibility index (Phi) is 4.38. The number of ether oxygens (including phenoxy) is 2. The molecule has 1 aromatic carbocycles. The summed E-state index contributed by atoms with van der Waals surface area (Å²) < 4.78 is 11.2. The molecule has 0 atom stereocenters. The fourth-order valence-corrected chi connectivity index (χ4v) is 2.85. The maximum atomic E-state index is 10.3. The molecule has 22 heavy (non-hydrogen) atoms. The number of nitrogens with one attached hydrogen (secondary N) is 1. The Labute approximate surface area is 130 Å². The number of fused-ring (bicyclic) bond motifs is 1. The van der Waals surface area contributed by atoms with Crippen LogP contribution >= 0.6 is 0 Å². The molecule has 0 bridgehead atoms. The summed E-state index contributed by atoms with van der Waals surface area (Å²) in [5.41, 5.74) is 6.02. The van der Waals surface area contributed by atoms with Crippen LogP contribution in [0, 0.1) is 0 Å². The van der Waals surface area contributed by atoms with Crippen LogP contribution in [-0.4, -0.2) is 36.4 Å². The molecule has 1 aliphatic heterocycles. The van der Waals surface area contributed by atoms with E-state index < -0.39 is 5.60 Å². The van der Waals surface area contributed by atoms with E-state index in [2.05, 4.69) is 10.3 Å². The molecule has 2 aliphatic rings. The molecular formula is C16H23N3O3. The van der Waals surface area contributed by atoms with E-state index in [1.54, 1.807) is 0 Å². The number of aliphatic hydroxyl groups is 1. The molecule has 0 radical (unpaired) electrons. The Morgan fingerprint density at radius 2 is 1.91 bits per heavy atom. The zero-order valence-electron chi connectivity index (χ0n) is 12.7. The lowest BCUT2D eigenvalue weighted by atomic mass is 10.0. The molecule has 0 aromatic heterocycles. The van der Waals surface area contributed by atoms with Crippen molar-refractivity contribution in [1.29, 1.82) is 0 Å². The first-order valence-corrected chi connectivity index (χ1v) is 7.84. The summed E-state index contributed by atoms with van der Waals surface area (Å²) in [5, 5.41) is 13.3. The van der Waals surface area contributed by atoms with E-state index in [4.69, 9.17) is 15.2 Å². The topological polar surface area (TPSA) is 89.1 Å². The van der Waals surface area contributed by atoms with Gasteiger partial charge in [-0.25, -0.2) is 0 Å². The first-order valence-electron chi connectivity index (χ1n) is 7.84. The largest absolute Gasteiger partial charge is 0.490 e. The van der Waals surface area contributed by atoms with Gasteiger partial charge in [-0.15, -0.1) is 0 Å². The Morgan fingerprint density at radius 1 is 1.18 bits per heavy atom. The normalized spacial score (nSPS) is 20.5. The van der Waals surface area contributed by atoms with Gasteiger partial charge in [-0.3, -0.25) is 4.99 Å². The molecule has 0 spiro atoms. The number of nitrogens with two attached hydrogens (primary N) is 1. The van der Waals surface area contributed by atoms with Gasteiger partial charge in [-0.1, -0.05) is 12.8 Å². The second-order valence-electron chi connectivity index (χ2n) is 5.97. The van der Waals surface area contributed by atoms with Crippen LogP contribution in [0.25, 0.3) is 0 Å². The van der Waals surface area contributed by atoms with Crippen molar-refractivity contribution in [3.8, 4) is 11.5 Å². The summed E-state index contributed by atoms with van der Waals surface area (Å²) in [6.45, 7) is 1.66. The highest BCUT2D eigenvalue weighted by molar-refractivity contribution is 5.92. The van der Waals surface area contributed by atoms with Gasteiger partial charge >= 0.3 is 0 Å². The van der Waals surface area contributed by atoms with Gasteiger partial charge in [0.05, 0.1) is 25.4 Å². The number of anilines is 1. The number of hydrogen-bond acceptors (Lipinski definition) is 4. The monoisotopic (exact) mass is 305 g/mol. The minimum atomic E-state index is -0.684. The Hall–Kier alpha value is -1.95. The predicted octanol–water partition coefficient (Wildman–Crippen LogP) is 1.88. The molecule has 6 heteroatoms. The van der Waals surface area contributed by atoms with E-state index in [9.17, 15) is 5.11 Å². The molecule has 4 N–H and O–H groups in total. The lowest BCUT2D eigenvalue weighted by Crippen LogP contribution is -2.31. The second kappa shape index (κ2) is 6.44. The molecular weight excluding hydrogens is 282 g/mol. The van der Waals surface area contributed by atoms with Crippen molar-refractivity contribution in [2.75, 3.05) is 25.1 Å². The van der Waals surface area contributed by atoms with E-state index in [1.165, 1.54) is 0 Å². The molecule has 1 saturated carbocycles. The molecule has 120 valence electrons. The van der Waals surface area contributed by atoms with Gasteiger partial charge in [-0.05, 0) is 25.0 Å². The Bertz CT molecular complexity index is 554. The van der Waals surface area contributed by atoms with Crippen molar-refractivity contribution in [3.05, 3.63) is 18.2 Å². The number of rotatable bonds is 3. The van der Waals surface area contributed by atoms with Crippen molar-refractivity contribution < 1.29 is 14.6 Å². The lowest BCUT2D eigenvalue weighted by molar-refractivity contribution is 0.0575. The minimum absolute atomic E-state index is 0.301. The zero-order chi connectivity index (χ0) is 15.4. The van der Waals surface area contributed by atoms with Gasteiger partial charge in [0, 0.05) is 18.2 Å². The summed E-state index contributed by atoms with van der Waals surface area (Å²) in [6, 6.07) is 5.59. The summed E-state index contributed by atoms with van der Waals surface area (Å²) in [6.07, 6.45) is 4.59. The fourth-order valence-electron chi connectivity index (χ4n) is 2.85. The minimum Gasteiger partial charge on any atom is -0.490 e. The third kappa shape index (κ3) is 3.62. The van der Waals surface area contributed by atoms with Crippen LogP contribution < -0.4 is 20.5 Å². The molecule has 0 unspecified atom stereocenters. The van der Waals surface area contributed by atoms with Crippen LogP contribution in [0.5, 0.6) is 11.5 Å². The van der Waals surface area contributed by atoms with E-state index in [0.717, 1.165) is 43.5 Å². The summed E-state index contributed by atoms with van der Waals surface area (Å²) in [5.74, 6) is 1.76. The molecule has 0 saturated heterocycles. The van der Waals surface area contributed by atoms with E-state index in [-0.39, 0.29) is 0 Å². The molecule has 1 aliphatic carbocycles. The summed E-state index contributed by atoms with van der Waals surface area (Å²) in [7, 11) is 0. The third-order valence-corrected chi connectivity index (χ3v) is 4.10. The molecule has 1 heterocycles. The van der Waals surface area contributed by atoms with Crippen LogP contribution in [0.4, 0.5) is 5.69 Å². The van der Waals surface area contributed by atoms with E-state index in [1.807, 2.05) is 18.2 Å². The van der Waals surface area contributed by atoms with Crippen LogP contribution in [0.15, 0.2) is 23.2 Å². The van der Waals surface area contributed by atoms with Crippen LogP contribution in [0.1, 0.15) is 32.1 Å². The molecule has 6 nitrogen and oxygen atoms in total. The SMILES string of the molecule is NC(=NCC1(O)CCCC1)Nc1ccc2c(c1)OCCCO2. The number of guanidine groups is 1. The Balaban J connectivity index is 1.63. The highest BCUT2D eigenvalue weighted by atomic mass is 16.5. The molecule has 1 aromatic rings. The first kappa shape index (κ1) is 15.0. The van der Waals surface area contributed by atoms with Crippen molar-refractivity contribution in [1.82, 2.24) is 0 Å². The van der Waals surface area contributed by atoms with Gasteiger partial charge in [0.1, 0.15) is 0 Å². The maximum absolute atomic E-state index is 10.3. The van der Waals surface area contributed by atoms with Gasteiger partial charge in [0.2, 0.25) is 0 Å². The van der Waals surface area contributed by atoms with Crippen molar-refractivity contribution in [3.63, 3.8) is 0 Å². The highest BCUT2D eigenvalue weighted by Crippen LogP contribution is 2.32. The Morgan fingerprint density at radius 3 is 2.68 bits per heavy atom. The van der Waals surface area contributed by atoms with Crippen LogP contribution in [0.3, 0.4) is 0 Å². The van der Waals surface area contributed by atoms with E-state index in [0.29, 0.717) is 31.5 Å².